The quantitative estimate of drug-likeness (QED) is 0.605. The predicted octanol–water partition coefficient (Wildman–Crippen LogP) is 3.99. The van der Waals surface area contributed by atoms with Gasteiger partial charge in [0.15, 0.2) is 0 Å². The van der Waals surface area contributed by atoms with E-state index in [1.165, 1.54) is 19.3 Å². The van der Waals surface area contributed by atoms with Crippen LogP contribution in [0.3, 0.4) is 0 Å². The molecule has 2 aromatic rings. The van der Waals surface area contributed by atoms with Gasteiger partial charge in [-0.15, -0.1) is 11.4 Å². The summed E-state index contributed by atoms with van der Waals surface area (Å²) in [5.74, 6) is 0.851. The molecule has 2 aliphatic carbocycles. The number of hydrogen-bond donors (Lipinski definition) is 0. The third-order valence-electron chi connectivity index (χ3n) is 7.77. The van der Waals surface area contributed by atoms with E-state index in [-0.39, 0.29) is 24.5 Å². The van der Waals surface area contributed by atoms with Crippen molar-refractivity contribution in [1.82, 2.24) is 0 Å². The topological polar surface area (TPSA) is 0 Å². The molecular formula is C25H26Si2. The maximum Gasteiger partial charge on any atom is 0.0544 e. The van der Waals surface area contributed by atoms with Crippen LogP contribution in [0.4, 0.5) is 0 Å². The van der Waals surface area contributed by atoms with Crippen LogP contribution in [0.2, 0.25) is 11.1 Å². The van der Waals surface area contributed by atoms with Gasteiger partial charge < -0.3 is 0 Å². The van der Waals surface area contributed by atoms with E-state index in [0.717, 1.165) is 17.0 Å². The second-order valence-electron chi connectivity index (χ2n) is 8.83. The summed E-state index contributed by atoms with van der Waals surface area (Å²) >= 11 is 0. The highest BCUT2D eigenvalue weighted by Gasteiger charge is 2.56. The highest BCUT2D eigenvalue weighted by atomic mass is 28.2. The molecule has 134 valence electrons. The molecule has 1 spiro atoms. The predicted molar refractivity (Wildman–Crippen MR) is 120 cm³/mol. The van der Waals surface area contributed by atoms with Crippen LogP contribution in [-0.2, 0) is 18.3 Å². The van der Waals surface area contributed by atoms with Gasteiger partial charge in [-0.1, -0.05) is 72.3 Å². The van der Waals surface area contributed by atoms with Crippen LogP contribution in [0.25, 0.3) is 0 Å². The summed E-state index contributed by atoms with van der Waals surface area (Å²) in [5, 5.41) is 0. The summed E-state index contributed by atoms with van der Waals surface area (Å²) in [6, 6.07) is 19.0. The van der Waals surface area contributed by atoms with E-state index in [9.17, 15) is 0 Å². The van der Waals surface area contributed by atoms with E-state index in [2.05, 4.69) is 78.2 Å². The summed E-state index contributed by atoms with van der Waals surface area (Å²) in [5.41, 5.74) is 15.5. The standard InChI is InChI=1S/C25H26Si2/c1-3-11-21-17(7-1)15-19-9-5-13-26-23(19)25(21)22-12-4-2-8-18(22)16-20-10-6-14-27-24(20)25/h1-9,11-14,20,23-24H,10,15-16,26-27H2. The Morgan fingerprint density at radius 3 is 2.52 bits per heavy atom. The lowest BCUT2D eigenvalue weighted by Gasteiger charge is -2.58. The molecule has 4 unspecified atom stereocenters. The zero-order chi connectivity index (χ0) is 17.8. The van der Waals surface area contributed by atoms with E-state index in [4.69, 9.17) is 0 Å². The summed E-state index contributed by atoms with van der Waals surface area (Å²) in [6.07, 6.45) is 11.1. The van der Waals surface area contributed by atoms with Crippen LogP contribution >= 0.6 is 0 Å². The van der Waals surface area contributed by atoms with Gasteiger partial charge in [-0.3, -0.25) is 0 Å². The molecule has 0 fully saturated rings. The number of hydrogen-bond acceptors (Lipinski definition) is 0. The first kappa shape index (κ1) is 16.1. The van der Waals surface area contributed by atoms with Crippen molar-refractivity contribution in [3.8, 4) is 0 Å². The molecule has 0 N–H and O–H groups in total. The minimum atomic E-state index is -0.263. The second-order valence-corrected chi connectivity index (χ2v) is 12.4. The van der Waals surface area contributed by atoms with Crippen molar-refractivity contribution in [1.29, 1.82) is 0 Å². The molecule has 6 rings (SSSR count). The Morgan fingerprint density at radius 1 is 0.852 bits per heavy atom. The Bertz CT molecular complexity index is 999. The van der Waals surface area contributed by atoms with Gasteiger partial charge in [-0.25, -0.2) is 0 Å². The fourth-order valence-corrected chi connectivity index (χ4v) is 12.0. The maximum atomic E-state index is 2.62. The molecule has 2 aromatic carbocycles. The molecule has 0 aromatic heterocycles. The van der Waals surface area contributed by atoms with Crippen LogP contribution in [-0.4, -0.2) is 19.0 Å². The van der Waals surface area contributed by atoms with Crippen molar-refractivity contribution < 1.29 is 0 Å². The number of fused-ring (bicyclic) bond motifs is 8. The first-order valence-corrected chi connectivity index (χ1v) is 13.8. The van der Waals surface area contributed by atoms with E-state index < -0.39 is 0 Å². The highest BCUT2D eigenvalue weighted by Crippen LogP contribution is 2.64. The third kappa shape index (κ3) is 2.14. The molecule has 4 atom stereocenters. The maximum absolute atomic E-state index is 2.62. The van der Waals surface area contributed by atoms with Crippen molar-refractivity contribution in [2.45, 2.75) is 35.8 Å². The Hall–Kier alpha value is -1.91. The monoisotopic (exact) mass is 382 g/mol. The molecule has 0 saturated heterocycles. The lowest BCUT2D eigenvalue weighted by Crippen LogP contribution is -2.51. The number of allylic oxidation sites excluding steroid dienone is 4. The normalized spacial score (nSPS) is 34.7. The molecule has 0 radical (unpaired) electrons. The van der Waals surface area contributed by atoms with Crippen LogP contribution in [0.5, 0.6) is 0 Å². The van der Waals surface area contributed by atoms with Gasteiger partial charge in [0.05, 0.1) is 9.52 Å². The molecule has 4 aliphatic rings. The van der Waals surface area contributed by atoms with E-state index in [1.54, 1.807) is 27.8 Å². The van der Waals surface area contributed by atoms with Crippen molar-refractivity contribution >= 4 is 19.0 Å². The van der Waals surface area contributed by atoms with Gasteiger partial charge in [0.2, 0.25) is 0 Å². The summed E-state index contributed by atoms with van der Waals surface area (Å²) in [6.45, 7) is 0. The van der Waals surface area contributed by atoms with Gasteiger partial charge >= 0.3 is 0 Å². The number of rotatable bonds is 0. The zero-order valence-electron chi connectivity index (χ0n) is 15.8. The first-order valence-electron chi connectivity index (χ1n) is 10.6. The molecule has 27 heavy (non-hydrogen) atoms. The number of benzene rings is 2. The van der Waals surface area contributed by atoms with E-state index >= 15 is 0 Å². The van der Waals surface area contributed by atoms with Crippen LogP contribution in [0, 0.1) is 5.92 Å². The lowest BCUT2D eigenvalue weighted by atomic mass is 9.55. The minimum Gasteiger partial charge on any atom is -0.105 e. The van der Waals surface area contributed by atoms with Crippen molar-refractivity contribution in [3.05, 3.63) is 106 Å². The van der Waals surface area contributed by atoms with Crippen molar-refractivity contribution in [3.63, 3.8) is 0 Å². The van der Waals surface area contributed by atoms with E-state index in [0.29, 0.717) is 0 Å². The minimum absolute atomic E-state index is 0.222. The molecule has 2 heteroatoms. The lowest BCUT2D eigenvalue weighted by molar-refractivity contribution is 0.314. The Balaban J connectivity index is 1.72. The largest absolute Gasteiger partial charge is 0.105 e. The molecule has 0 nitrogen and oxygen atoms in total. The fraction of sp³-hybridized carbons (Fsp3) is 0.280. The molecule has 0 amide bonds. The molecule has 2 aliphatic heterocycles. The Morgan fingerprint density at radius 2 is 1.63 bits per heavy atom. The van der Waals surface area contributed by atoms with Gasteiger partial charge in [0.1, 0.15) is 0 Å². The smallest absolute Gasteiger partial charge is 0.0544 e. The average Bonchev–Trinajstić information content (AvgIpc) is 2.73. The fourth-order valence-electron chi connectivity index (χ4n) is 6.85. The van der Waals surface area contributed by atoms with Crippen LogP contribution in [0.15, 0.2) is 83.7 Å². The van der Waals surface area contributed by atoms with Gasteiger partial charge in [0, 0.05) is 14.9 Å². The second kappa shape index (κ2) is 6.05. The van der Waals surface area contributed by atoms with Gasteiger partial charge in [-0.2, -0.15) is 0 Å². The molecule has 0 saturated carbocycles. The van der Waals surface area contributed by atoms with Gasteiger partial charge in [0.25, 0.3) is 0 Å². The Labute approximate surface area is 166 Å². The van der Waals surface area contributed by atoms with Crippen molar-refractivity contribution in [2.75, 3.05) is 0 Å². The average molecular weight is 383 g/mol. The molecule has 0 bridgehead atoms. The van der Waals surface area contributed by atoms with E-state index in [1.807, 2.05) is 0 Å². The van der Waals surface area contributed by atoms with Crippen molar-refractivity contribution in [2.24, 2.45) is 5.92 Å². The summed E-state index contributed by atoms with van der Waals surface area (Å²) in [7, 11) is -0.486. The Kier molecular flexibility index (Phi) is 3.60. The molecule has 2 heterocycles. The molecular weight excluding hydrogens is 356 g/mol. The van der Waals surface area contributed by atoms with Gasteiger partial charge in [-0.05, 0) is 58.5 Å². The van der Waals surface area contributed by atoms with Crippen LogP contribution < -0.4 is 0 Å². The SMILES string of the molecule is C1=C[SiH2]C2C(=C1)Cc1ccccc1C21c2ccccc2CC2CC=C[SiH2]C21. The summed E-state index contributed by atoms with van der Waals surface area (Å²) in [4.78, 5) is 0. The van der Waals surface area contributed by atoms with Crippen LogP contribution in [0.1, 0.15) is 28.7 Å². The third-order valence-corrected chi connectivity index (χ3v) is 12.4. The zero-order valence-corrected chi connectivity index (χ0v) is 18.6. The first-order chi connectivity index (χ1) is 13.4. The summed E-state index contributed by atoms with van der Waals surface area (Å²) < 4.78 is 0. The highest BCUT2D eigenvalue weighted by molar-refractivity contribution is 6.49.